The van der Waals surface area contributed by atoms with Gasteiger partial charge >= 0.3 is 0 Å². The van der Waals surface area contributed by atoms with Crippen LogP contribution in [0, 0.1) is 0 Å². The van der Waals surface area contributed by atoms with Crippen LogP contribution in [-0.4, -0.2) is 15.0 Å². The maximum absolute atomic E-state index is 6.71. The molecule has 48 heavy (non-hydrogen) atoms. The maximum atomic E-state index is 6.71. The number of nitrogens with zero attached hydrogens (tertiary/aromatic N) is 3. The number of hydrogen-bond donors (Lipinski definition) is 0. The normalized spacial score (nSPS) is 11.8. The highest BCUT2D eigenvalue weighted by Gasteiger charge is 2.21. The Labute approximate surface area is 274 Å². The molecule has 7 aromatic carbocycles. The Morgan fingerprint density at radius 3 is 1.83 bits per heavy atom. The number of furan rings is 2. The fourth-order valence-electron chi connectivity index (χ4n) is 6.92. The summed E-state index contributed by atoms with van der Waals surface area (Å²) in [7, 11) is 0. The Morgan fingerprint density at radius 2 is 0.958 bits per heavy atom. The van der Waals surface area contributed by atoms with Crippen LogP contribution in [-0.2, 0) is 0 Å². The molecule has 10 rings (SSSR count). The lowest BCUT2D eigenvalue weighted by Crippen LogP contribution is -2.00. The first-order chi connectivity index (χ1) is 23.8. The van der Waals surface area contributed by atoms with Gasteiger partial charge in [-0.3, -0.25) is 0 Å². The molecule has 0 bridgehead atoms. The van der Waals surface area contributed by atoms with Crippen molar-refractivity contribution < 1.29 is 8.83 Å². The lowest BCUT2D eigenvalue weighted by atomic mass is 9.97. The van der Waals surface area contributed by atoms with Crippen molar-refractivity contribution in [1.29, 1.82) is 0 Å². The van der Waals surface area contributed by atoms with Gasteiger partial charge in [0.25, 0.3) is 0 Å². The van der Waals surface area contributed by atoms with Gasteiger partial charge in [-0.15, -0.1) is 0 Å². The summed E-state index contributed by atoms with van der Waals surface area (Å²) < 4.78 is 12.9. The minimum Gasteiger partial charge on any atom is -0.456 e. The quantitative estimate of drug-likeness (QED) is 0.197. The Balaban J connectivity index is 1.22. The van der Waals surface area contributed by atoms with Crippen molar-refractivity contribution in [3.05, 3.63) is 152 Å². The molecule has 10 aromatic rings. The molecule has 0 saturated carbocycles. The molecule has 0 aliphatic rings. The number of hydrogen-bond acceptors (Lipinski definition) is 5. The van der Waals surface area contributed by atoms with Crippen molar-refractivity contribution in [3.63, 3.8) is 0 Å². The van der Waals surface area contributed by atoms with E-state index in [0.717, 1.165) is 77.1 Å². The Hall–Kier alpha value is -6.59. The van der Waals surface area contributed by atoms with Gasteiger partial charge in [-0.2, -0.15) is 0 Å². The standard InChI is InChI=1S/C43H25N3O2/c1-2-12-27(13-3-1)41-44-42(29-24-23-26-11-4-5-14-28(26)25-29)46-43(45-41)34-19-10-22-37-39(34)33-18-8-17-31(40(33)48-37)30-16-9-21-36-38(30)32-15-6-7-20-35(32)47-36/h1-25H. The average Bonchev–Trinajstić information content (AvgIpc) is 3.74. The van der Waals surface area contributed by atoms with Crippen molar-refractivity contribution >= 4 is 54.6 Å². The predicted octanol–water partition coefficient (Wildman–Crippen LogP) is 11.5. The summed E-state index contributed by atoms with van der Waals surface area (Å²) in [5.41, 5.74) is 8.11. The third-order valence-corrected chi connectivity index (χ3v) is 9.13. The van der Waals surface area contributed by atoms with E-state index < -0.39 is 0 Å². The molecule has 3 heterocycles. The van der Waals surface area contributed by atoms with Gasteiger partial charge < -0.3 is 8.83 Å². The SMILES string of the molecule is c1ccc(-c2nc(-c3ccc4ccccc4c3)nc(-c3cccc4oc5c(-c6cccc7oc8ccccc8c67)cccc5c34)n2)cc1. The molecule has 0 fully saturated rings. The van der Waals surface area contributed by atoms with E-state index in [0.29, 0.717) is 17.5 Å². The topological polar surface area (TPSA) is 65.0 Å². The van der Waals surface area contributed by atoms with Crippen LogP contribution >= 0.6 is 0 Å². The second kappa shape index (κ2) is 10.5. The summed E-state index contributed by atoms with van der Waals surface area (Å²) in [6.45, 7) is 0. The highest BCUT2D eigenvalue weighted by atomic mass is 16.3. The lowest BCUT2D eigenvalue weighted by Gasteiger charge is -2.10. The van der Waals surface area contributed by atoms with Crippen LogP contribution in [0.25, 0.3) is 99.9 Å². The molecular formula is C43H25N3O2. The van der Waals surface area contributed by atoms with E-state index in [-0.39, 0.29) is 0 Å². The first-order valence-electron chi connectivity index (χ1n) is 15.9. The molecule has 0 unspecified atom stereocenters. The van der Waals surface area contributed by atoms with Gasteiger partial charge in [0.05, 0.1) is 0 Å². The zero-order valence-corrected chi connectivity index (χ0v) is 25.6. The van der Waals surface area contributed by atoms with Gasteiger partial charge in [-0.1, -0.05) is 127 Å². The molecule has 5 nitrogen and oxygen atoms in total. The third kappa shape index (κ3) is 4.15. The molecule has 5 heteroatoms. The van der Waals surface area contributed by atoms with Crippen LogP contribution < -0.4 is 0 Å². The van der Waals surface area contributed by atoms with Gasteiger partial charge in [-0.25, -0.2) is 15.0 Å². The van der Waals surface area contributed by atoms with Crippen molar-refractivity contribution in [2.45, 2.75) is 0 Å². The van der Waals surface area contributed by atoms with Crippen molar-refractivity contribution in [2.24, 2.45) is 0 Å². The summed E-state index contributed by atoms with van der Waals surface area (Å²) in [6.07, 6.45) is 0. The second-order valence-corrected chi connectivity index (χ2v) is 12.0. The van der Waals surface area contributed by atoms with E-state index in [1.807, 2.05) is 72.8 Å². The van der Waals surface area contributed by atoms with Crippen LogP contribution in [0.3, 0.4) is 0 Å². The van der Waals surface area contributed by atoms with Gasteiger partial charge in [0.15, 0.2) is 17.5 Å². The first-order valence-corrected chi connectivity index (χ1v) is 15.9. The molecule has 0 spiro atoms. The molecular weight excluding hydrogens is 590 g/mol. The second-order valence-electron chi connectivity index (χ2n) is 12.0. The van der Waals surface area contributed by atoms with Crippen molar-refractivity contribution in [3.8, 4) is 45.3 Å². The zero-order valence-electron chi connectivity index (χ0n) is 25.6. The van der Waals surface area contributed by atoms with E-state index >= 15 is 0 Å². The van der Waals surface area contributed by atoms with Gasteiger partial charge in [0.1, 0.15) is 22.3 Å². The van der Waals surface area contributed by atoms with Crippen LogP contribution in [0.5, 0.6) is 0 Å². The van der Waals surface area contributed by atoms with E-state index in [4.69, 9.17) is 23.8 Å². The van der Waals surface area contributed by atoms with Gasteiger partial charge in [0.2, 0.25) is 0 Å². The Morgan fingerprint density at radius 1 is 0.354 bits per heavy atom. The van der Waals surface area contributed by atoms with Crippen LogP contribution in [0.4, 0.5) is 0 Å². The summed E-state index contributed by atoms with van der Waals surface area (Å²) in [6, 6.07) is 51.5. The predicted molar refractivity (Wildman–Crippen MR) is 194 cm³/mol. The largest absolute Gasteiger partial charge is 0.456 e. The molecule has 0 aliphatic heterocycles. The summed E-state index contributed by atoms with van der Waals surface area (Å²) in [5.74, 6) is 1.83. The first kappa shape index (κ1) is 26.6. The van der Waals surface area contributed by atoms with Crippen LogP contribution in [0.15, 0.2) is 160 Å². The highest BCUT2D eigenvalue weighted by molar-refractivity contribution is 6.19. The van der Waals surface area contributed by atoms with Gasteiger partial charge in [0, 0.05) is 43.8 Å². The molecule has 0 radical (unpaired) electrons. The Kier molecular flexibility index (Phi) is 5.81. The van der Waals surface area contributed by atoms with Crippen LogP contribution in [0.2, 0.25) is 0 Å². The lowest BCUT2D eigenvalue weighted by molar-refractivity contribution is 0.668. The third-order valence-electron chi connectivity index (χ3n) is 9.13. The van der Waals surface area contributed by atoms with E-state index in [2.05, 4.69) is 78.9 Å². The molecule has 0 aliphatic carbocycles. The fraction of sp³-hybridized carbons (Fsp3) is 0. The maximum Gasteiger partial charge on any atom is 0.164 e. The summed E-state index contributed by atoms with van der Waals surface area (Å²) >= 11 is 0. The highest BCUT2D eigenvalue weighted by Crippen LogP contribution is 2.43. The molecule has 3 aromatic heterocycles. The number of para-hydroxylation sites is 2. The molecule has 0 saturated heterocycles. The van der Waals surface area contributed by atoms with Crippen LogP contribution in [0.1, 0.15) is 0 Å². The minimum absolute atomic E-state index is 0.591. The van der Waals surface area contributed by atoms with Crippen molar-refractivity contribution in [1.82, 2.24) is 15.0 Å². The smallest absolute Gasteiger partial charge is 0.164 e. The van der Waals surface area contributed by atoms with E-state index in [1.54, 1.807) is 0 Å². The number of fused-ring (bicyclic) bond motifs is 7. The molecule has 224 valence electrons. The fourth-order valence-corrected chi connectivity index (χ4v) is 6.92. The number of benzene rings is 7. The molecule has 0 atom stereocenters. The number of aromatic nitrogens is 3. The molecule has 0 N–H and O–H groups in total. The molecule has 0 amide bonds. The zero-order chi connectivity index (χ0) is 31.6. The monoisotopic (exact) mass is 615 g/mol. The van der Waals surface area contributed by atoms with Crippen molar-refractivity contribution in [2.75, 3.05) is 0 Å². The summed E-state index contributed by atoms with van der Waals surface area (Å²) in [5, 5.41) is 6.42. The van der Waals surface area contributed by atoms with Gasteiger partial charge in [-0.05, 0) is 40.6 Å². The van der Waals surface area contributed by atoms with E-state index in [9.17, 15) is 0 Å². The van der Waals surface area contributed by atoms with E-state index in [1.165, 1.54) is 5.39 Å². The summed E-state index contributed by atoms with van der Waals surface area (Å²) in [4.78, 5) is 15.2. The average molecular weight is 616 g/mol. The number of rotatable bonds is 4. The minimum atomic E-state index is 0.591. The Bertz CT molecular complexity index is 2850.